The molecule has 0 saturated carbocycles. The summed E-state index contributed by atoms with van der Waals surface area (Å²) in [6, 6.07) is 0. The number of allylic oxidation sites excluding steroid dienone is 4. The summed E-state index contributed by atoms with van der Waals surface area (Å²) in [5.74, 6) is -0.0729. The average Bonchev–Trinajstić information content (AvgIpc) is 3.22. The van der Waals surface area contributed by atoms with Crippen LogP contribution in [0.2, 0.25) is 0 Å². The molecule has 0 radical (unpaired) electrons. The fourth-order valence-electron chi connectivity index (χ4n) is 9.85. The van der Waals surface area contributed by atoms with Crippen molar-refractivity contribution in [2.45, 2.75) is 222 Å². The molecule has 0 aromatic carbocycles. The van der Waals surface area contributed by atoms with Crippen LogP contribution in [0, 0.1) is 5.92 Å². The van der Waals surface area contributed by atoms with Gasteiger partial charge in [0.2, 0.25) is 0 Å². The Morgan fingerprint density at radius 1 is 0.780 bits per heavy atom. The highest BCUT2D eigenvalue weighted by molar-refractivity contribution is 5.26. The number of aliphatic hydroxyl groups excluding tert-OH is 4. The number of hydrogen-bond acceptors (Lipinski definition) is 10. The van der Waals surface area contributed by atoms with Crippen LogP contribution in [0.4, 0.5) is 0 Å². The van der Waals surface area contributed by atoms with Crippen LogP contribution >= 0.6 is 0 Å². The zero-order chi connectivity index (χ0) is 36.4. The van der Waals surface area contributed by atoms with Crippen molar-refractivity contribution >= 4 is 0 Å². The van der Waals surface area contributed by atoms with E-state index in [1.807, 2.05) is 41.5 Å². The molecule has 0 bridgehead atoms. The maximum Gasteiger partial charge on any atom is 0.111 e. The van der Waals surface area contributed by atoms with Crippen LogP contribution in [-0.4, -0.2) is 116 Å². The van der Waals surface area contributed by atoms with E-state index in [2.05, 4.69) is 32.9 Å². The first-order chi connectivity index (χ1) is 23.4. The van der Waals surface area contributed by atoms with E-state index in [0.29, 0.717) is 51.4 Å². The van der Waals surface area contributed by atoms with Crippen molar-refractivity contribution < 1.29 is 48.8 Å². The summed E-state index contributed by atoms with van der Waals surface area (Å²) in [6.07, 6.45) is 4.52. The van der Waals surface area contributed by atoms with Gasteiger partial charge in [0.15, 0.2) is 0 Å². The van der Waals surface area contributed by atoms with E-state index < -0.39 is 59.0 Å². The second kappa shape index (κ2) is 14.4. The molecule has 50 heavy (non-hydrogen) atoms. The van der Waals surface area contributed by atoms with Gasteiger partial charge >= 0.3 is 0 Å². The molecule has 0 aromatic rings. The largest absolute Gasteiger partial charge is 0.390 e. The normalized spacial score (nSPS) is 53.3. The molecule has 4 N–H and O–H groups in total. The van der Waals surface area contributed by atoms with E-state index in [1.165, 1.54) is 11.1 Å². The monoisotopic (exact) mass is 706 g/mol. The van der Waals surface area contributed by atoms with Crippen LogP contribution in [0.25, 0.3) is 0 Å². The second-order valence-electron chi connectivity index (χ2n) is 17.6. The third-order valence-electron chi connectivity index (χ3n) is 14.0. The Labute approximate surface area is 299 Å². The van der Waals surface area contributed by atoms with Crippen molar-refractivity contribution in [2.75, 3.05) is 0 Å². The molecule has 286 valence electrons. The molecule has 0 aliphatic carbocycles. The van der Waals surface area contributed by atoms with Gasteiger partial charge < -0.3 is 48.8 Å². The zero-order valence-corrected chi connectivity index (χ0v) is 32.0. The summed E-state index contributed by atoms with van der Waals surface area (Å²) in [5, 5.41) is 45.3. The van der Waals surface area contributed by atoms with Gasteiger partial charge in [0, 0.05) is 31.6 Å². The average molecular weight is 707 g/mol. The Balaban J connectivity index is 1.14. The summed E-state index contributed by atoms with van der Waals surface area (Å²) in [6.45, 7) is 18.3. The lowest BCUT2D eigenvalue weighted by molar-refractivity contribution is -0.313. The van der Waals surface area contributed by atoms with Crippen LogP contribution in [0.15, 0.2) is 23.3 Å². The molecular weight excluding hydrogens is 640 g/mol. The molecule has 17 atom stereocenters. The van der Waals surface area contributed by atoms with Gasteiger partial charge in [0.1, 0.15) is 12.2 Å². The molecular formula is C40H66O10. The first-order valence-corrected chi connectivity index (χ1v) is 19.5. The van der Waals surface area contributed by atoms with E-state index in [1.54, 1.807) is 0 Å². The van der Waals surface area contributed by atoms with Gasteiger partial charge in [-0.3, -0.25) is 0 Å². The highest BCUT2D eigenvalue weighted by atomic mass is 16.6. The molecule has 6 saturated heterocycles. The van der Waals surface area contributed by atoms with Gasteiger partial charge in [0.05, 0.1) is 83.4 Å². The highest BCUT2D eigenvalue weighted by Crippen LogP contribution is 2.50. The molecule has 6 aliphatic heterocycles. The van der Waals surface area contributed by atoms with Crippen LogP contribution in [0.3, 0.4) is 0 Å². The van der Waals surface area contributed by atoms with E-state index >= 15 is 0 Å². The maximum atomic E-state index is 11.6. The highest BCUT2D eigenvalue weighted by Gasteiger charge is 2.60. The number of hydrogen-bond donors (Lipinski definition) is 4. The lowest BCUT2D eigenvalue weighted by Gasteiger charge is -2.54. The Morgan fingerprint density at radius 3 is 2.24 bits per heavy atom. The molecule has 6 rings (SSSR count). The van der Waals surface area contributed by atoms with Crippen molar-refractivity contribution in [3.8, 4) is 0 Å². The predicted molar refractivity (Wildman–Crippen MR) is 189 cm³/mol. The van der Waals surface area contributed by atoms with Crippen molar-refractivity contribution in [3.05, 3.63) is 23.3 Å². The Morgan fingerprint density at radius 2 is 1.52 bits per heavy atom. The summed E-state index contributed by atoms with van der Waals surface area (Å²) >= 11 is 0. The molecule has 10 heteroatoms. The molecule has 6 heterocycles. The minimum atomic E-state index is -0.955. The van der Waals surface area contributed by atoms with E-state index in [4.69, 9.17) is 28.4 Å². The van der Waals surface area contributed by atoms with Crippen LogP contribution in [0.1, 0.15) is 127 Å². The number of rotatable bonds is 6. The van der Waals surface area contributed by atoms with Crippen molar-refractivity contribution in [3.63, 3.8) is 0 Å². The quantitative estimate of drug-likeness (QED) is 0.278. The molecule has 0 spiro atoms. The summed E-state index contributed by atoms with van der Waals surface area (Å²) in [7, 11) is 0. The maximum absolute atomic E-state index is 11.6. The lowest BCUT2D eigenvalue weighted by Crippen LogP contribution is -2.65. The zero-order valence-electron chi connectivity index (χ0n) is 32.0. The number of aliphatic hydroxyl groups is 4. The molecule has 0 aromatic heterocycles. The van der Waals surface area contributed by atoms with E-state index in [-0.39, 0.29) is 42.5 Å². The lowest BCUT2D eigenvalue weighted by atomic mass is 9.75. The summed E-state index contributed by atoms with van der Waals surface area (Å²) in [5.41, 5.74) is -0.514. The van der Waals surface area contributed by atoms with Gasteiger partial charge in [-0.2, -0.15) is 0 Å². The smallest absolute Gasteiger partial charge is 0.111 e. The Bertz CT molecular complexity index is 1270. The van der Waals surface area contributed by atoms with Gasteiger partial charge in [-0.1, -0.05) is 30.2 Å². The van der Waals surface area contributed by atoms with Crippen LogP contribution in [-0.2, 0) is 28.4 Å². The number of fused-ring (bicyclic) bond motifs is 4. The van der Waals surface area contributed by atoms with Crippen LogP contribution < -0.4 is 0 Å². The third-order valence-corrected chi connectivity index (χ3v) is 14.0. The predicted octanol–water partition coefficient (Wildman–Crippen LogP) is 5.06. The molecule has 10 nitrogen and oxygen atoms in total. The Hall–Kier alpha value is -0.920. The molecule has 0 amide bonds. The second-order valence-corrected chi connectivity index (χ2v) is 17.6. The van der Waals surface area contributed by atoms with E-state index in [9.17, 15) is 20.4 Å². The van der Waals surface area contributed by atoms with Gasteiger partial charge in [-0.25, -0.2) is 0 Å². The fraction of sp³-hybridized carbons (Fsp3) is 0.900. The summed E-state index contributed by atoms with van der Waals surface area (Å²) in [4.78, 5) is 0. The topological polar surface area (TPSA) is 136 Å². The summed E-state index contributed by atoms with van der Waals surface area (Å²) < 4.78 is 40.1. The van der Waals surface area contributed by atoms with Crippen molar-refractivity contribution in [1.29, 1.82) is 0 Å². The third kappa shape index (κ3) is 7.17. The molecule has 6 aliphatic rings. The fourth-order valence-corrected chi connectivity index (χ4v) is 9.85. The molecule has 6 fully saturated rings. The minimum absolute atomic E-state index is 0.0729. The van der Waals surface area contributed by atoms with Gasteiger partial charge in [0.25, 0.3) is 0 Å². The standard InChI is InChI=1S/C40H66O10/c1-10-22(2)23(3)12-11-13-29-24(4)34(44)36-31(46-29)19-33-37(6,49-36)16-15-32(43)38(7,48-33)20-26-18-27(41)35-30(45-26)14-17-39(8)40(9,50-35)21-28(42)25(5)47-39/h10,12,24-36,41-44H,11,13-21H2,1-9H3/b22-10+,23-12+/t24-,25-,26-,27+,28+,29+,30-,31-,32+,33+,34+,35+,36-,37-,38-,39+,40-/m1/s1. The van der Waals surface area contributed by atoms with Gasteiger partial charge in [-0.05, 0) is 93.9 Å². The van der Waals surface area contributed by atoms with Crippen LogP contribution in [0.5, 0.6) is 0 Å². The SMILES string of the molecule is C/C=C(C)/C(C)=C/CC[C@@H]1O[C@@H]2C[C@@H]3O[C@](C)(C[C@H]4C[C@H](O)[C@@H]5O[C@]6(C)C[C@H](O)[C@@H](C)O[C@@]6(C)CC[C@H]5O4)[C@@H](O)CC[C@@]3(C)O[C@H]2[C@@H](O)[C@@H]1C. The first-order valence-electron chi connectivity index (χ1n) is 19.5. The Kier molecular flexibility index (Phi) is 11.2. The first kappa shape index (κ1) is 38.8. The minimum Gasteiger partial charge on any atom is -0.390 e. The number of ether oxygens (including phenoxy) is 6. The van der Waals surface area contributed by atoms with Crippen molar-refractivity contribution in [1.82, 2.24) is 0 Å². The van der Waals surface area contributed by atoms with Crippen molar-refractivity contribution in [2.24, 2.45) is 5.92 Å². The van der Waals surface area contributed by atoms with E-state index in [0.717, 1.165) is 12.8 Å². The molecule has 0 unspecified atom stereocenters. The van der Waals surface area contributed by atoms with Gasteiger partial charge in [-0.15, -0.1) is 0 Å².